The summed E-state index contributed by atoms with van der Waals surface area (Å²) < 4.78 is 26.1. The van der Waals surface area contributed by atoms with Crippen LogP contribution >= 0.6 is 11.8 Å². The summed E-state index contributed by atoms with van der Waals surface area (Å²) in [4.78, 5) is 25.1. The molecular weight excluding hydrogens is 350 g/mol. The Hall–Kier alpha value is -1.58. The highest BCUT2D eigenvalue weighted by molar-refractivity contribution is 8.13. The molecule has 2 amide bonds. The van der Waals surface area contributed by atoms with E-state index < -0.39 is 10.0 Å². The molecule has 1 heterocycles. The summed E-state index contributed by atoms with van der Waals surface area (Å²) in [5, 5.41) is 2.58. The van der Waals surface area contributed by atoms with Crippen molar-refractivity contribution in [2.45, 2.75) is 18.7 Å². The maximum atomic E-state index is 12.4. The predicted octanol–water partition coefficient (Wildman–Crippen LogP) is 1.82. The van der Waals surface area contributed by atoms with Crippen LogP contribution in [-0.2, 0) is 14.8 Å². The summed E-state index contributed by atoms with van der Waals surface area (Å²) in [6.45, 7) is 4.95. The average Bonchev–Trinajstić information content (AvgIpc) is 2.93. The van der Waals surface area contributed by atoms with Gasteiger partial charge in [-0.15, -0.1) is 0 Å². The van der Waals surface area contributed by atoms with E-state index in [-0.39, 0.29) is 22.6 Å². The second kappa shape index (κ2) is 8.00. The van der Waals surface area contributed by atoms with Gasteiger partial charge in [-0.25, -0.2) is 8.42 Å². The minimum absolute atomic E-state index is 0.00529. The van der Waals surface area contributed by atoms with Gasteiger partial charge in [0.15, 0.2) is 0 Å². The molecular formula is C15H21N3O4S2. The van der Waals surface area contributed by atoms with Crippen molar-refractivity contribution >= 4 is 38.6 Å². The fourth-order valence-electron chi connectivity index (χ4n) is 2.37. The number of carbonyl (C=O) groups is 2. The third-order valence-electron chi connectivity index (χ3n) is 3.66. The number of nitrogens with one attached hydrogen (secondary N) is 1. The molecule has 1 aliphatic heterocycles. The van der Waals surface area contributed by atoms with E-state index >= 15 is 0 Å². The Morgan fingerprint density at radius 3 is 2.38 bits per heavy atom. The Balaban J connectivity index is 2.01. The van der Waals surface area contributed by atoms with Crippen molar-refractivity contribution in [3.05, 3.63) is 24.3 Å². The zero-order valence-electron chi connectivity index (χ0n) is 13.7. The molecule has 1 fully saturated rings. The minimum Gasteiger partial charge on any atom is -0.325 e. The van der Waals surface area contributed by atoms with Gasteiger partial charge in [-0.3, -0.25) is 9.59 Å². The normalized spacial score (nSPS) is 15.1. The van der Waals surface area contributed by atoms with Crippen LogP contribution in [-0.4, -0.2) is 60.7 Å². The number of benzene rings is 1. The zero-order valence-corrected chi connectivity index (χ0v) is 15.3. The van der Waals surface area contributed by atoms with Crippen LogP contribution in [0.4, 0.5) is 10.5 Å². The number of rotatable bonds is 7. The SMILES string of the molecule is CCN(CC)S(=O)(=O)c1ccc(NC(=O)CN2CCSC2=O)cc1. The van der Waals surface area contributed by atoms with Gasteiger partial charge in [-0.05, 0) is 24.3 Å². The number of carbonyl (C=O) groups excluding carboxylic acids is 2. The molecule has 0 spiro atoms. The van der Waals surface area contributed by atoms with E-state index in [1.54, 1.807) is 26.0 Å². The van der Waals surface area contributed by atoms with Crippen LogP contribution < -0.4 is 5.32 Å². The number of amides is 2. The number of hydrogen-bond donors (Lipinski definition) is 1. The van der Waals surface area contributed by atoms with Gasteiger partial charge < -0.3 is 10.2 Å². The molecule has 1 saturated heterocycles. The summed E-state index contributed by atoms with van der Waals surface area (Å²) in [5.74, 6) is 0.398. The second-order valence-corrected chi connectivity index (χ2v) is 8.18. The molecule has 1 aromatic rings. The van der Waals surface area contributed by atoms with Crippen molar-refractivity contribution in [1.29, 1.82) is 0 Å². The highest BCUT2D eigenvalue weighted by atomic mass is 32.2. The quantitative estimate of drug-likeness (QED) is 0.790. The van der Waals surface area contributed by atoms with E-state index in [2.05, 4.69) is 5.32 Å². The van der Waals surface area contributed by atoms with Crippen LogP contribution in [0.2, 0.25) is 0 Å². The van der Waals surface area contributed by atoms with Crippen LogP contribution in [0.15, 0.2) is 29.2 Å². The number of anilines is 1. The highest BCUT2D eigenvalue weighted by Crippen LogP contribution is 2.19. The Morgan fingerprint density at radius 1 is 1.25 bits per heavy atom. The molecule has 0 aliphatic carbocycles. The number of sulfonamides is 1. The van der Waals surface area contributed by atoms with E-state index in [9.17, 15) is 18.0 Å². The first-order valence-corrected chi connectivity index (χ1v) is 10.1. The van der Waals surface area contributed by atoms with Gasteiger partial charge in [-0.2, -0.15) is 4.31 Å². The first-order chi connectivity index (χ1) is 11.4. The van der Waals surface area contributed by atoms with E-state index in [0.717, 1.165) is 0 Å². The van der Waals surface area contributed by atoms with Gasteiger partial charge in [0, 0.05) is 31.1 Å². The lowest BCUT2D eigenvalue weighted by Crippen LogP contribution is -2.33. The molecule has 0 radical (unpaired) electrons. The molecule has 0 bridgehead atoms. The van der Waals surface area contributed by atoms with E-state index in [1.165, 1.54) is 33.1 Å². The first kappa shape index (κ1) is 18.8. The maximum Gasteiger partial charge on any atom is 0.282 e. The summed E-state index contributed by atoms with van der Waals surface area (Å²) in [6.07, 6.45) is 0. The summed E-state index contributed by atoms with van der Waals surface area (Å²) in [6, 6.07) is 6.05. The third kappa shape index (κ3) is 4.28. The van der Waals surface area contributed by atoms with Crippen molar-refractivity contribution in [3.8, 4) is 0 Å². The van der Waals surface area contributed by atoms with Gasteiger partial charge >= 0.3 is 0 Å². The van der Waals surface area contributed by atoms with Crippen molar-refractivity contribution in [1.82, 2.24) is 9.21 Å². The average molecular weight is 371 g/mol. The Kier molecular flexibility index (Phi) is 6.25. The van der Waals surface area contributed by atoms with E-state index in [4.69, 9.17) is 0 Å². The molecule has 0 aromatic heterocycles. The van der Waals surface area contributed by atoms with Crippen molar-refractivity contribution in [2.24, 2.45) is 0 Å². The monoisotopic (exact) mass is 371 g/mol. The third-order valence-corrected chi connectivity index (χ3v) is 6.62. The number of nitrogens with zero attached hydrogens (tertiary/aromatic N) is 2. The molecule has 9 heteroatoms. The standard InChI is InChI=1S/C15H21N3O4S2/c1-3-18(4-2)24(21,22)13-7-5-12(6-8-13)16-14(19)11-17-9-10-23-15(17)20/h5-8H,3-4,9-11H2,1-2H3,(H,16,19). The van der Waals surface area contributed by atoms with Crippen LogP contribution in [0.3, 0.4) is 0 Å². The van der Waals surface area contributed by atoms with Gasteiger partial charge in [0.05, 0.1) is 4.90 Å². The lowest BCUT2D eigenvalue weighted by atomic mass is 10.3. The van der Waals surface area contributed by atoms with E-state index in [0.29, 0.717) is 31.1 Å². The molecule has 132 valence electrons. The topological polar surface area (TPSA) is 86.8 Å². The smallest absolute Gasteiger partial charge is 0.282 e. The van der Waals surface area contributed by atoms with Crippen molar-refractivity contribution < 1.29 is 18.0 Å². The van der Waals surface area contributed by atoms with Gasteiger partial charge in [-0.1, -0.05) is 25.6 Å². The minimum atomic E-state index is -3.51. The van der Waals surface area contributed by atoms with Crippen molar-refractivity contribution in [3.63, 3.8) is 0 Å². The lowest BCUT2D eigenvalue weighted by Gasteiger charge is -2.18. The summed E-state index contributed by atoms with van der Waals surface area (Å²) in [5.41, 5.74) is 0.498. The lowest BCUT2D eigenvalue weighted by molar-refractivity contribution is -0.116. The summed E-state index contributed by atoms with van der Waals surface area (Å²) >= 11 is 1.20. The Labute approximate surface area is 146 Å². The molecule has 2 rings (SSSR count). The number of hydrogen-bond acceptors (Lipinski definition) is 5. The molecule has 0 saturated carbocycles. The van der Waals surface area contributed by atoms with Crippen LogP contribution in [0.25, 0.3) is 0 Å². The van der Waals surface area contributed by atoms with Crippen LogP contribution in [0.5, 0.6) is 0 Å². The molecule has 24 heavy (non-hydrogen) atoms. The molecule has 7 nitrogen and oxygen atoms in total. The fourth-order valence-corrected chi connectivity index (χ4v) is 4.65. The van der Waals surface area contributed by atoms with Crippen LogP contribution in [0, 0.1) is 0 Å². The van der Waals surface area contributed by atoms with Gasteiger partial charge in [0.25, 0.3) is 5.24 Å². The van der Waals surface area contributed by atoms with Crippen LogP contribution in [0.1, 0.15) is 13.8 Å². The van der Waals surface area contributed by atoms with Crippen molar-refractivity contribution in [2.75, 3.05) is 37.2 Å². The highest BCUT2D eigenvalue weighted by Gasteiger charge is 2.24. The zero-order chi connectivity index (χ0) is 17.7. The molecule has 1 N–H and O–H groups in total. The maximum absolute atomic E-state index is 12.4. The Bertz CT molecular complexity index is 700. The van der Waals surface area contributed by atoms with Gasteiger partial charge in [0.1, 0.15) is 6.54 Å². The molecule has 1 aromatic carbocycles. The molecule has 0 atom stereocenters. The van der Waals surface area contributed by atoms with E-state index in [1.807, 2.05) is 0 Å². The Morgan fingerprint density at radius 2 is 1.88 bits per heavy atom. The second-order valence-electron chi connectivity index (χ2n) is 5.20. The fraction of sp³-hybridized carbons (Fsp3) is 0.467. The summed E-state index contributed by atoms with van der Waals surface area (Å²) in [7, 11) is -3.51. The van der Waals surface area contributed by atoms with Gasteiger partial charge in [0.2, 0.25) is 15.9 Å². The largest absolute Gasteiger partial charge is 0.325 e. The first-order valence-electron chi connectivity index (χ1n) is 7.70. The number of thioether (sulfide) groups is 1. The molecule has 0 unspecified atom stereocenters. The molecule has 1 aliphatic rings. The predicted molar refractivity (Wildman–Crippen MR) is 94.6 cm³/mol.